The number of hydrogen-bond donors (Lipinski definition) is 1. The predicted octanol–water partition coefficient (Wildman–Crippen LogP) is 2.25. The number of ether oxygens (including phenoxy) is 1. The maximum Gasteiger partial charge on any atom is 0.257 e. The zero-order chi connectivity index (χ0) is 13.5. The van der Waals surface area contributed by atoms with E-state index in [0.29, 0.717) is 24.1 Å². The third kappa shape index (κ3) is 4.30. The Hall–Kier alpha value is -1.08. The maximum absolute atomic E-state index is 13.2. The lowest BCUT2D eigenvalue weighted by Gasteiger charge is -2.07. The van der Waals surface area contributed by atoms with E-state index in [-0.39, 0.29) is 13.2 Å². The maximum atomic E-state index is 13.2. The highest BCUT2D eigenvalue weighted by Crippen LogP contribution is 2.14. The van der Waals surface area contributed by atoms with E-state index in [1.54, 1.807) is 0 Å². The Kier molecular flexibility index (Phi) is 6.14. The fraction of sp³-hybridized carbons (Fsp3) is 0.364. The fourth-order valence-corrected chi connectivity index (χ4v) is 1.47. The van der Waals surface area contributed by atoms with E-state index in [0.717, 1.165) is 0 Å². The van der Waals surface area contributed by atoms with Crippen LogP contribution < -0.4 is 5.32 Å². The van der Waals surface area contributed by atoms with Crippen molar-refractivity contribution in [3.8, 4) is 0 Å². The highest BCUT2D eigenvalue weighted by molar-refractivity contribution is 9.09. The molecule has 0 aliphatic carbocycles. The summed E-state index contributed by atoms with van der Waals surface area (Å²) in [5, 5.41) is 2.93. The van der Waals surface area contributed by atoms with Crippen LogP contribution in [0.5, 0.6) is 0 Å². The van der Waals surface area contributed by atoms with Crippen molar-refractivity contribution in [1.82, 2.24) is 5.32 Å². The predicted molar refractivity (Wildman–Crippen MR) is 63.3 cm³/mol. The summed E-state index contributed by atoms with van der Waals surface area (Å²) in [6.45, 7) is 0.805. The summed E-state index contributed by atoms with van der Waals surface area (Å²) in [7, 11) is 0. The SMILES string of the molecule is O=C(NCCOCCBr)c1c(F)cc(F)cc1F. The first-order chi connectivity index (χ1) is 8.56. The van der Waals surface area contributed by atoms with Crippen LogP contribution in [0.25, 0.3) is 0 Å². The van der Waals surface area contributed by atoms with Crippen LogP contribution >= 0.6 is 15.9 Å². The molecule has 0 aliphatic heterocycles. The molecule has 1 aromatic rings. The molecule has 3 nitrogen and oxygen atoms in total. The van der Waals surface area contributed by atoms with Crippen LogP contribution in [0.3, 0.4) is 0 Å². The molecule has 1 rings (SSSR count). The molecule has 0 aliphatic rings. The number of carbonyl (C=O) groups excluding carboxylic acids is 1. The van der Waals surface area contributed by atoms with E-state index in [2.05, 4.69) is 21.2 Å². The summed E-state index contributed by atoms with van der Waals surface area (Å²) in [5.74, 6) is -4.47. The van der Waals surface area contributed by atoms with Crippen molar-refractivity contribution in [2.24, 2.45) is 0 Å². The number of carbonyl (C=O) groups is 1. The molecule has 18 heavy (non-hydrogen) atoms. The zero-order valence-electron chi connectivity index (χ0n) is 9.31. The molecule has 0 aromatic heterocycles. The van der Waals surface area contributed by atoms with Crippen LogP contribution in [0.1, 0.15) is 10.4 Å². The molecular formula is C11H11BrF3NO2. The number of benzene rings is 1. The number of amides is 1. The van der Waals surface area contributed by atoms with E-state index in [1.165, 1.54) is 0 Å². The third-order valence-electron chi connectivity index (χ3n) is 1.99. The van der Waals surface area contributed by atoms with Gasteiger partial charge in [-0.25, -0.2) is 13.2 Å². The van der Waals surface area contributed by atoms with Crippen LogP contribution in [0.4, 0.5) is 13.2 Å². The fourth-order valence-electron chi connectivity index (χ4n) is 1.24. The number of nitrogens with one attached hydrogen (secondary N) is 1. The second kappa shape index (κ2) is 7.38. The summed E-state index contributed by atoms with van der Waals surface area (Å²) in [5.41, 5.74) is -0.795. The Labute approximate surface area is 110 Å². The summed E-state index contributed by atoms with van der Waals surface area (Å²) in [6.07, 6.45) is 0. The van der Waals surface area contributed by atoms with Gasteiger partial charge in [0, 0.05) is 24.0 Å². The van der Waals surface area contributed by atoms with E-state index >= 15 is 0 Å². The monoisotopic (exact) mass is 325 g/mol. The highest BCUT2D eigenvalue weighted by Gasteiger charge is 2.18. The van der Waals surface area contributed by atoms with Crippen molar-refractivity contribution in [1.29, 1.82) is 0 Å². The quantitative estimate of drug-likeness (QED) is 0.643. The molecule has 0 heterocycles. The van der Waals surface area contributed by atoms with Gasteiger partial charge in [0.1, 0.15) is 23.0 Å². The Morgan fingerprint density at radius 3 is 2.39 bits per heavy atom. The van der Waals surface area contributed by atoms with Crippen LogP contribution in [-0.4, -0.2) is 31.0 Å². The number of halogens is 4. The summed E-state index contributed by atoms with van der Waals surface area (Å²) < 4.78 is 44.1. The summed E-state index contributed by atoms with van der Waals surface area (Å²) in [6, 6.07) is 0.915. The first-order valence-corrected chi connectivity index (χ1v) is 6.25. The van der Waals surface area contributed by atoms with Gasteiger partial charge in [0.25, 0.3) is 5.91 Å². The lowest BCUT2D eigenvalue weighted by atomic mass is 10.2. The molecule has 0 bridgehead atoms. The van der Waals surface area contributed by atoms with Gasteiger partial charge in [-0.3, -0.25) is 4.79 Å². The average molecular weight is 326 g/mol. The minimum absolute atomic E-state index is 0.113. The van der Waals surface area contributed by atoms with Crippen LogP contribution in [-0.2, 0) is 4.74 Å². The van der Waals surface area contributed by atoms with Crippen LogP contribution in [0.15, 0.2) is 12.1 Å². The van der Waals surface area contributed by atoms with Gasteiger partial charge in [-0.1, -0.05) is 15.9 Å². The van der Waals surface area contributed by atoms with Gasteiger partial charge in [-0.15, -0.1) is 0 Å². The van der Waals surface area contributed by atoms with Gasteiger partial charge in [0.2, 0.25) is 0 Å². The lowest BCUT2D eigenvalue weighted by Crippen LogP contribution is -2.29. The lowest BCUT2D eigenvalue weighted by molar-refractivity contribution is 0.0915. The second-order valence-electron chi connectivity index (χ2n) is 3.30. The van der Waals surface area contributed by atoms with E-state index in [4.69, 9.17) is 4.74 Å². The molecule has 0 spiro atoms. The second-order valence-corrected chi connectivity index (χ2v) is 4.09. The van der Waals surface area contributed by atoms with E-state index < -0.39 is 28.9 Å². The molecule has 0 radical (unpaired) electrons. The molecule has 7 heteroatoms. The first-order valence-electron chi connectivity index (χ1n) is 5.12. The van der Waals surface area contributed by atoms with Gasteiger partial charge in [-0.05, 0) is 0 Å². The van der Waals surface area contributed by atoms with Gasteiger partial charge in [0.15, 0.2) is 0 Å². The molecular weight excluding hydrogens is 315 g/mol. The number of hydrogen-bond acceptors (Lipinski definition) is 2. The molecule has 0 fully saturated rings. The zero-order valence-corrected chi connectivity index (χ0v) is 10.9. The average Bonchev–Trinajstić information content (AvgIpc) is 2.27. The van der Waals surface area contributed by atoms with Crippen molar-refractivity contribution in [3.63, 3.8) is 0 Å². The van der Waals surface area contributed by atoms with Gasteiger partial charge >= 0.3 is 0 Å². The Bertz CT molecular complexity index is 406. The van der Waals surface area contributed by atoms with Crippen LogP contribution in [0.2, 0.25) is 0 Å². The summed E-state index contributed by atoms with van der Waals surface area (Å²) >= 11 is 3.15. The standard InChI is InChI=1S/C11H11BrF3NO2/c12-1-3-18-4-2-16-11(17)10-8(14)5-7(13)6-9(10)15/h5-6H,1-4H2,(H,16,17). The molecule has 1 amide bonds. The summed E-state index contributed by atoms with van der Waals surface area (Å²) in [4.78, 5) is 11.5. The minimum Gasteiger partial charge on any atom is -0.379 e. The molecule has 100 valence electrons. The minimum atomic E-state index is -1.23. The van der Waals surface area contributed by atoms with Crippen LogP contribution in [0, 0.1) is 17.5 Å². The number of rotatable bonds is 6. The van der Waals surface area contributed by atoms with E-state index in [9.17, 15) is 18.0 Å². The van der Waals surface area contributed by atoms with Crippen molar-refractivity contribution < 1.29 is 22.7 Å². The molecule has 0 saturated heterocycles. The van der Waals surface area contributed by atoms with Crippen molar-refractivity contribution in [2.45, 2.75) is 0 Å². The normalized spacial score (nSPS) is 10.4. The van der Waals surface area contributed by atoms with Crippen molar-refractivity contribution >= 4 is 21.8 Å². The van der Waals surface area contributed by atoms with Gasteiger partial charge < -0.3 is 10.1 Å². The third-order valence-corrected chi connectivity index (χ3v) is 2.31. The Balaban J connectivity index is 2.57. The Morgan fingerprint density at radius 2 is 1.83 bits per heavy atom. The van der Waals surface area contributed by atoms with Crippen molar-refractivity contribution in [2.75, 3.05) is 25.1 Å². The number of alkyl halides is 1. The Morgan fingerprint density at radius 1 is 1.22 bits per heavy atom. The largest absolute Gasteiger partial charge is 0.379 e. The van der Waals surface area contributed by atoms with Gasteiger partial charge in [0.05, 0.1) is 13.2 Å². The smallest absolute Gasteiger partial charge is 0.257 e. The molecule has 0 unspecified atom stereocenters. The molecule has 1 N–H and O–H groups in total. The van der Waals surface area contributed by atoms with E-state index in [1.807, 2.05) is 0 Å². The first kappa shape index (κ1) is 15.0. The van der Waals surface area contributed by atoms with Crippen molar-refractivity contribution in [3.05, 3.63) is 35.1 Å². The molecule has 1 aromatic carbocycles. The molecule has 0 atom stereocenters. The van der Waals surface area contributed by atoms with Gasteiger partial charge in [-0.2, -0.15) is 0 Å². The molecule has 0 saturated carbocycles. The highest BCUT2D eigenvalue weighted by atomic mass is 79.9. The topological polar surface area (TPSA) is 38.3 Å².